The van der Waals surface area contributed by atoms with E-state index in [4.69, 9.17) is 4.52 Å². The number of fused-ring (bicyclic) bond motifs is 6. The monoisotopic (exact) mass is 738 g/mol. The molecule has 8 aromatic carbocycles. The van der Waals surface area contributed by atoms with Crippen LogP contribution in [0.25, 0.3) is 44.5 Å². The van der Waals surface area contributed by atoms with Crippen LogP contribution in [0.3, 0.4) is 0 Å². The van der Waals surface area contributed by atoms with Gasteiger partial charge in [0.05, 0.1) is 0 Å². The Bertz CT molecular complexity index is 2590. The quantitative estimate of drug-likeness (QED) is 0.134. The molecule has 270 valence electrons. The second kappa shape index (κ2) is 14.2. The Labute approximate surface area is 332 Å². The average molecular weight is 739 g/mol. The Hall–Kier alpha value is -6.01. The van der Waals surface area contributed by atoms with Crippen LogP contribution in [0.5, 0.6) is 5.75 Å². The minimum absolute atomic E-state index is 0.0798. The van der Waals surface area contributed by atoms with Crippen molar-refractivity contribution in [3.05, 3.63) is 222 Å². The second-order valence-electron chi connectivity index (χ2n) is 15.1. The summed E-state index contributed by atoms with van der Waals surface area (Å²) in [5, 5.41) is 2.39. The third-order valence-corrected chi connectivity index (χ3v) is 14.3. The predicted octanol–water partition coefficient (Wildman–Crippen LogP) is 13.7. The van der Waals surface area contributed by atoms with Crippen LogP contribution in [0.15, 0.2) is 194 Å². The topological polar surface area (TPSA) is 9.23 Å². The van der Waals surface area contributed by atoms with Gasteiger partial charge in [-0.2, -0.15) is 0 Å². The van der Waals surface area contributed by atoms with Gasteiger partial charge < -0.3 is 4.52 Å². The molecule has 0 unspecified atom stereocenters. The molecule has 2 aliphatic carbocycles. The zero-order valence-corrected chi connectivity index (χ0v) is 32.7. The minimum Gasteiger partial charge on any atom is -0.464 e. The van der Waals surface area contributed by atoms with E-state index >= 15 is 0 Å². The van der Waals surface area contributed by atoms with Gasteiger partial charge in [0.1, 0.15) is 5.75 Å². The van der Waals surface area contributed by atoms with Gasteiger partial charge in [-0.3, -0.25) is 0 Å². The molecular formula is C54H43OP. The maximum atomic E-state index is 6.85. The lowest BCUT2D eigenvalue weighted by atomic mass is 9.70. The lowest BCUT2D eigenvalue weighted by Gasteiger charge is -2.32. The van der Waals surface area contributed by atoms with E-state index in [2.05, 4.69) is 208 Å². The third kappa shape index (κ3) is 5.57. The average Bonchev–Trinajstić information content (AvgIpc) is 3.76. The summed E-state index contributed by atoms with van der Waals surface area (Å²) in [6, 6.07) is 71.3. The van der Waals surface area contributed by atoms with Crippen molar-refractivity contribution in [1.29, 1.82) is 0 Å². The highest BCUT2D eigenvalue weighted by molar-refractivity contribution is 7.68. The first-order valence-electron chi connectivity index (χ1n) is 19.9. The SMILES string of the molecule is CCC1(CC)c2ccccc2-c2ccc(-c3ccc(OP(c4ccccc4)c4ccccc4)cc3)c(-c3ccc(C4c5ccccc5-c5ccccc54)cc3)c21. The Morgan fingerprint density at radius 2 is 0.946 bits per heavy atom. The molecule has 0 saturated carbocycles. The van der Waals surface area contributed by atoms with Gasteiger partial charge in [-0.25, -0.2) is 0 Å². The Kier molecular flexibility index (Phi) is 8.77. The van der Waals surface area contributed by atoms with E-state index in [9.17, 15) is 0 Å². The highest BCUT2D eigenvalue weighted by Crippen LogP contribution is 2.58. The zero-order valence-electron chi connectivity index (χ0n) is 31.8. The van der Waals surface area contributed by atoms with E-state index in [0.717, 1.165) is 18.6 Å². The van der Waals surface area contributed by atoms with E-state index in [1.807, 2.05) is 0 Å². The fourth-order valence-corrected chi connectivity index (χ4v) is 11.4. The van der Waals surface area contributed by atoms with E-state index in [1.54, 1.807) is 0 Å². The molecule has 0 heterocycles. The molecule has 8 aromatic rings. The Morgan fingerprint density at radius 3 is 1.54 bits per heavy atom. The lowest BCUT2D eigenvalue weighted by molar-refractivity contribution is 0.492. The molecular weight excluding hydrogens is 696 g/mol. The van der Waals surface area contributed by atoms with Crippen molar-refractivity contribution < 1.29 is 4.52 Å². The summed E-state index contributed by atoms with van der Waals surface area (Å²) >= 11 is 0. The molecule has 56 heavy (non-hydrogen) atoms. The Balaban J connectivity index is 1.09. The van der Waals surface area contributed by atoms with Crippen LogP contribution in [0, 0.1) is 0 Å². The maximum absolute atomic E-state index is 6.85. The van der Waals surface area contributed by atoms with Crippen LogP contribution >= 0.6 is 8.15 Å². The summed E-state index contributed by atoms with van der Waals surface area (Å²) in [5.74, 6) is 1.09. The number of rotatable bonds is 9. The molecule has 10 rings (SSSR count). The highest BCUT2D eigenvalue weighted by Gasteiger charge is 2.43. The van der Waals surface area contributed by atoms with Gasteiger partial charge in [0.15, 0.2) is 8.15 Å². The second-order valence-corrected chi connectivity index (χ2v) is 16.9. The van der Waals surface area contributed by atoms with Crippen LogP contribution in [-0.2, 0) is 5.41 Å². The predicted molar refractivity (Wildman–Crippen MR) is 237 cm³/mol. The summed E-state index contributed by atoms with van der Waals surface area (Å²) < 4.78 is 6.85. The maximum Gasteiger partial charge on any atom is 0.150 e. The van der Waals surface area contributed by atoms with Gasteiger partial charge in [0, 0.05) is 21.9 Å². The largest absolute Gasteiger partial charge is 0.464 e. The summed E-state index contributed by atoms with van der Waals surface area (Å²) in [6.45, 7) is 4.74. The van der Waals surface area contributed by atoms with Crippen molar-refractivity contribution in [1.82, 2.24) is 0 Å². The highest BCUT2D eigenvalue weighted by atomic mass is 31.1. The summed E-state index contributed by atoms with van der Waals surface area (Å²) in [5.41, 5.74) is 17.4. The van der Waals surface area contributed by atoms with Gasteiger partial charge in [0.2, 0.25) is 0 Å². The fourth-order valence-electron chi connectivity index (χ4n) is 9.66. The first-order chi connectivity index (χ1) is 27.7. The van der Waals surface area contributed by atoms with Crippen LogP contribution in [0.2, 0.25) is 0 Å². The van der Waals surface area contributed by atoms with Gasteiger partial charge in [-0.15, -0.1) is 0 Å². The van der Waals surface area contributed by atoms with Crippen LogP contribution in [0.4, 0.5) is 0 Å². The van der Waals surface area contributed by atoms with Crippen molar-refractivity contribution >= 4 is 18.8 Å². The van der Waals surface area contributed by atoms with Crippen LogP contribution in [-0.4, -0.2) is 0 Å². The molecule has 0 radical (unpaired) electrons. The van der Waals surface area contributed by atoms with Gasteiger partial charge in [-0.05, 0) is 97.3 Å². The van der Waals surface area contributed by atoms with E-state index < -0.39 is 8.15 Å². The molecule has 0 spiro atoms. The third-order valence-electron chi connectivity index (χ3n) is 12.3. The molecule has 0 N–H and O–H groups in total. The number of hydrogen-bond donors (Lipinski definition) is 0. The summed E-state index contributed by atoms with van der Waals surface area (Å²) in [6.07, 6.45) is 2.07. The fraction of sp³-hybridized carbons (Fsp3) is 0.111. The molecule has 2 aliphatic rings. The number of hydrogen-bond acceptors (Lipinski definition) is 1. The first-order valence-corrected chi connectivity index (χ1v) is 21.2. The Morgan fingerprint density at radius 1 is 0.446 bits per heavy atom. The molecule has 0 aromatic heterocycles. The zero-order chi connectivity index (χ0) is 37.6. The molecule has 0 atom stereocenters. The van der Waals surface area contributed by atoms with Gasteiger partial charge >= 0.3 is 0 Å². The molecule has 0 saturated heterocycles. The number of benzene rings is 8. The van der Waals surface area contributed by atoms with Gasteiger partial charge in [0.25, 0.3) is 0 Å². The molecule has 2 heteroatoms. The van der Waals surface area contributed by atoms with E-state index in [1.165, 1.54) is 82.9 Å². The first kappa shape index (κ1) is 34.5. The van der Waals surface area contributed by atoms with Gasteiger partial charge in [-0.1, -0.05) is 196 Å². The smallest absolute Gasteiger partial charge is 0.150 e. The summed E-state index contributed by atoms with van der Waals surface area (Å²) in [7, 11) is -1.02. The summed E-state index contributed by atoms with van der Waals surface area (Å²) in [4.78, 5) is 0. The van der Waals surface area contributed by atoms with Crippen molar-refractivity contribution in [3.63, 3.8) is 0 Å². The van der Waals surface area contributed by atoms with E-state index in [0.29, 0.717) is 0 Å². The van der Waals surface area contributed by atoms with Crippen LogP contribution in [0.1, 0.15) is 60.4 Å². The standard InChI is InChI=1S/C54H43OP/c1-3-54(4-2)50-26-16-15-23-46(50)49-36-35-43(37-31-33-40(34-32-37)55-56(41-17-7-5-8-18-41)42-19-9-6-10-20-42)52(53(49)54)39-29-27-38(28-30-39)51-47-24-13-11-21-44(47)45-22-12-14-25-48(45)51/h5-36,51H,3-4H2,1-2H3. The molecule has 1 nitrogen and oxygen atoms in total. The minimum atomic E-state index is -1.02. The van der Waals surface area contributed by atoms with Crippen molar-refractivity contribution in [2.75, 3.05) is 0 Å². The van der Waals surface area contributed by atoms with E-state index in [-0.39, 0.29) is 11.3 Å². The van der Waals surface area contributed by atoms with Crippen molar-refractivity contribution in [3.8, 4) is 50.3 Å². The van der Waals surface area contributed by atoms with Crippen molar-refractivity contribution in [2.24, 2.45) is 0 Å². The molecule has 0 fully saturated rings. The lowest BCUT2D eigenvalue weighted by Crippen LogP contribution is -2.24. The normalized spacial score (nSPS) is 13.6. The molecule has 0 bridgehead atoms. The van der Waals surface area contributed by atoms with Crippen molar-refractivity contribution in [2.45, 2.75) is 38.0 Å². The molecule has 0 aliphatic heterocycles. The van der Waals surface area contributed by atoms with Crippen LogP contribution < -0.4 is 15.1 Å². The molecule has 0 amide bonds.